The number of halogens is 1. The Labute approximate surface area is 170 Å². The molecule has 0 unspecified atom stereocenters. The number of nitrogen functional groups attached to an aromatic ring is 1. The van der Waals surface area contributed by atoms with Gasteiger partial charge in [0, 0.05) is 10.6 Å². The number of ketones is 1. The van der Waals surface area contributed by atoms with Crippen molar-refractivity contribution >= 4 is 39.2 Å². The summed E-state index contributed by atoms with van der Waals surface area (Å²) in [6, 6.07) is 11.7. The van der Waals surface area contributed by atoms with E-state index in [1.807, 2.05) is 0 Å². The zero-order chi connectivity index (χ0) is 21.2. The molecule has 0 radical (unpaired) electrons. The number of nitrogens with zero attached hydrogens (tertiary/aromatic N) is 2. The van der Waals surface area contributed by atoms with Crippen LogP contribution in [0.25, 0.3) is 5.69 Å². The fraction of sp³-hybridized carbons (Fsp3) is 0.0556. The number of anilines is 1. The molecule has 150 valence electrons. The Kier molecular flexibility index (Phi) is 5.69. The van der Waals surface area contributed by atoms with Crippen molar-refractivity contribution in [2.45, 2.75) is 4.90 Å². The molecular formula is C18H15ClN4O5S. The highest BCUT2D eigenvalue weighted by molar-refractivity contribution is 7.89. The zero-order valence-corrected chi connectivity index (χ0v) is 16.4. The minimum absolute atomic E-state index is 0.0117. The van der Waals surface area contributed by atoms with Gasteiger partial charge in [-0.1, -0.05) is 17.7 Å². The summed E-state index contributed by atoms with van der Waals surface area (Å²) >= 11 is 5.94. The molecule has 0 amide bonds. The van der Waals surface area contributed by atoms with Crippen molar-refractivity contribution in [3.05, 3.63) is 70.9 Å². The fourth-order valence-corrected chi connectivity index (χ4v) is 3.15. The number of aromatic nitrogens is 2. The Hall–Kier alpha value is -3.21. The summed E-state index contributed by atoms with van der Waals surface area (Å²) in [5.41, 5.74) is 6.67. The summed E-state index contributed by atoms with van der Waals surface area (Å²) < 4.78 is 28.8. The second kappa shape index (κ2) is 8.03. The van der Waals surface area contributed by atoms with Crippen LogP contribution in [0.2, 0.25) is 5.02 Å². The molecule has 0 aliphatic carbocycles. The van der Waals surface area contributed by atoms with Gasteiger partial charge in [-0.15, -0.1) is 0 Å². The van der Waals surface area contributed by atoms with Crippen LogP contribution in [0.4, 0.5) is 5.82 Å². The first-order valence-electron chi connectivity index (χ1n) is 8.09. The molecule has 0 aliphatic heterocycles. The van der Waals surface area contributed by atoms with Gasteiger partial charge < -0.3 is 10.5 Å². The van der Waals surface area contributed by atoms with Gasteiger partial charge in [-0.3, -0.25) is 4.79 Å². The molecule has 1 aromatic heterocycles. The van der Waals surface area contributed by atoms with Crippen molar-refractivity contribution in [1.29, 1.82) is 0 Å². The molecule has 11 heteroatoms. The van der Waals surface area contributed by atoms with Crippen LogP contribution in [0.1, 0.15) is 20.7 Å². The monoisotopic (exact) mass is 434 g/mol. The number of nitrogens with two attached hydrogens (primary N) is 2. The SMILES string of the molecule is Nc1c(C(=O)OCC(=O)c2ccc(S(N)(=O)=O)cc2)cnn1-c1cccc(Cl)c1. The Morgan fingerprint density at radius 1 is 1.14 bits per heavy atom. The van der Waals surface area contributed by atoms with Gasteiger partial charge >= 0.3 is 5.97 Å². The predicted molar refractivity (Wildman–Crippen MR) is 105 cm³/mol. The number of benzene rings is 2. The third-order valence-corrected chi connectivity index (χ3v) is 5.08. The molecule has 9 nitrogen and oxygen atoms in total. The van der Waals surface area contributed by atoms with Gasteiger partial charge in [0.1, 0.15) is 11.4 Å². The minimum Gasteiger partial charge on any atom is -0.454 e. The molecule has 0 fully saturated rings. The smallest absolute Gasteiger partial charge is 0.344 e. The van der Waals surface area contributed by atoms with Crippen LogP contribution >= 0.6 is 11.6 Å². The van der Waals surface area contributed by atoms with E-state index in [0.29, 0.717) is 10.7 Å². The summed E-state index contributed by atoms with van der Waals surface area (Å²) in [6.07, 6.45) is 1.23. The highest BCUT2D eigenvalue weighted by atomic mass is 35.5. The van der Waals surface area contributed by atoms with Crippen molar-refractivity contribution in [3.63, 3.8) is 0 Å². The van der Waals surface area contributed by atoms with E-state index in [9.17, 15) is 18.0 Å². The maximum atomic E-state index is 12.3. The molecule has 4 N–H and O–H groups in total. The number of esters is 1. The molecule has 0 saturated carbocycles. The Bertz CT molecular complexity index is 1190. The van der Waals surface area contributed by atoms with Crippen molar-refractivity contribution in [2.24, 2.45) is 5.14 Å². The first-order valence-corrected chi connectivity index (χ1v) is 10.0. The van der Waals surface area contributed by atoms with Crippen LogP contribution < -0.4 is 10.9 Å². The van der Waals surface area contributed by atoms with E-state index in [2.05, 4.69) is 5.10 Å². The molecule has 0 saturated heterocycles. The van der Waals surface area contributed by atoms with Crippen LogP contribution in [-0.2, 0) is 14.8 Å². The highest BCUT2D eigenvalue weighted by Crippen LogP contribution is 2.20. The van der Waals surface area contributed by atoms with Gasteiger partial charge in [0.15, 0.2) is 12.4 Å². The zero-order valence-electron chi connectivity index (χ0n) is 14.8. The maximum absolute atomic E-state index is 12.3. The largest absolute Gasteiger partial charge is 0.454 e. The number of rotatable bonds is 6. The summed E-state index contributed by atoms with van der Waals surface area (Å²) in [5.74, 6) is -1.33. The Balaban J connectivity index is 1.69. The van der Waals surface area contributed by atoms with Crippen molar-refractivity contribution in [2.75, 3.05) is 12.3 Å². The van der Waals surface area contributed by atoms with Gasteiger partial charge in [-0.05, 0) is 42.5 Å². The van der Waals surface area contributed by atoms with Crippen LogP contribution in [0.3, 0.4) is 0 Å². The number of Topliss-reactive ketones (excluding diaryl/α,β-unsaturated/α-hetero) is 1. The topological polar surface area (TPSA) is 147 Å². The highest BCUT2D eigenvalue weighted by Gasteiger charge is 2.19. The molecule has 29 heavy (non-hydrogen) atoms. The molecule has 0 aliphatic rings. The van der Waals surface area contributed by atoms with E-state index in [4.69, 9.17) is 27.2 Å². The van der Waals surface area contributed by atoms with E-state index in [1.165, 1.54) is 35.1 Å². The molecule has 3 aromatic rings. The quantitative estimate of drug-likeness (QED) is 0.443. The third kappa shape index (κ3) is 4.62. The summed E-state index contributed by atoms with van der Waals surface area (Å²) in [6.45, 7) is -0.560. The number of carbonyl (C=O) groups is 2. The van der Waals surface area contributed by atoms with Gasteiger partial charge in [0.25, 0.3) is 0 Å². The molecule has 0 atom stereocenters. The molecular weight excluding hydrogens is 420 g/mol. The molecule has 1 heterocycles. The molecule has 0 spiro atoms. The van der Waals surface area contributed by atoms with E-state index >= 15 is 0 Å². The normalized spacial score (nSPS) is 11.2. The van der Waals surface area contributed by atoms with E-state index in [0.717, 1.165) is 0 Å². The summed E-state index contributed by atoms with van der Waals surface area (Å²) in [5, 5.41) is 9.52. The van der Waals surface area contributed by atoms with Crippen LogP contribution in [0, 0.1) is 0 Å². The predicted octanol–water partition coefficient (Wildman–Crippen LogP) is 1.79. The lowest BCUT2D eigenvalue weighted by molar-refractivity contribution is 0.0476. The Morgan fingerprint density at radius 3 is 2.45 bits per heavy atom. The molecule has 2 aromatic carbocycles. The third-order valence-electron chi connectivity index (χ3n) is 3.92. The number of ether oxygens (including phenoxy) is 1. The first-order chi connectivity index (χ1) is 13.7. The minimum atomic E-state index is -3.86. The van der Waals surface area contributed by atoms with Crippen molar-refractivity contribution in [3.8, 4) is 5.69 Å². The van der Waals surface area contributed by atoms with Gasteiger partial charge in [0.2, 0.25) is 10.0 Å². The maximum Gasteiger partial charge on any atom is 0.344 e. The number of hydrogen-bond acceptors (Lipinski definition) is 7. The van der Waals surface area contributed by atoms with Crippen LogP contribution in [0.15, 0.2) is 59.6 Å². The van der Waals surface area contributed by atoms with Gasteiger partial charge in [0.05, 0.1) is 16.8 Å². The van der Waals surface area contributed by atoms with Crippen molar-refractivity contribution < 1.29 is 22.7 Å². The van der Waals surface area contributed by atoms with Crippen molar-refractivity contribution in [1.82, 2.24) is 9.78 Å². The average molecular weight is 435 g/mol. The lowest BCUT2D eigenvalue weighted by Crippen LogP contribution is -2.16. The van der Waals surface area contributed by atoms with E-state index in [-0.39, 0.29) is 21.8 Å². The lowest BCUT2D eigenvalue weighted by Gasteiger charge is -2.06. The summed E-state index contributed by atoms with van der Waals surface area (Å²) in [4.78, 5) is 24.3. The lowest BCUT2D eigenvalue weighted by atomic mass is 10.1. The number of hydrogen-bond donors (Lipinski definition) is 2. The first kappa shape index (κ1) is 20.5. The number of sulfonamides is 1. The van der Waals surface area contributed by atoms with Gasteiger partial charge in [-0.25, -0.2) is 23.0 Å². The van der Waals surface area contributed by atoms with Crippen LogP contribution in [-0.4, -0.2) is 36.6 Å². The van der Waals surface area contributed by atoms with E-state index < -0.39 is 28.4 Å². The molecule has 3 rings (SSSR count). The van der Waals surface area contributed by atoms with Crippen LogP contribution in [0.5, 0.6) is 0 Å². The van der Waals surface area contributed by atoms with E-state index in [1.54, 1.807) is 24.3 Å². The Morgan fingerprint density at radius 2 is 1.83 bits per heavy atom. The second-order valence-electron chi connectivity index (χ2n) is 5.90. The average Bonchev–Trinajstić information content (AvgIpc) is 3.06. The van der Waals surface area contributed by atoms with Gasteiger partial charge in [-0.2, -0.15) is 5.10 Å². The second-order valence-corrected chi connectivity index (χ2v) is 7.90. The number of carbonyl (C=O) groups excluding carboxylic acids is 2. The fourth-order valence-electron chi connectivity index (χ4n) is 2.45. The summed E-state index contributed by atoms with van der Waals surface area (Å²) in [7, 11) is -3.86. The molecule has 0 bridgehead atoms. The number of primary sulfonamides is 1. The standard InChI is InChI=1S/C18H15ClN4O5S/c19-12-2-1-3-13(8-12)23-17(20)15(9-22-23)18(25)28-10-16(24)11-4-6-14(7-5-11)29(21,26)27/h1-9H,10,20H2,(H2,21,26,27).